The van der Waals surface area contributed by atoms with Gasteiger partial charge in [0, 0.05) is 19.0 Å². The summed E-state index contributed by atoms with van der Waals surface area (Å²) in [6.07, 6.45) is 0.901. The van der Waals surface area contributed by atoms with Crippen LogP contribution in [0.15, 0.2) is 18.2 Å². The minimum atomic E-state index is -0.729. The maximum Gasteiger partial charge on any atom is 0.338 e. The normalized spacial score (nSPS) is 13.8. The first-order valence-electron chi connectivity index (χ1n) is 6.76. The van der Waals surface area contributed by atoms with Gasteiger partial charge in [-0.1, -0.05) is 0 Å². The van der Waals surface area contributed by atoms with E-state index in [1.807, 2.05) is 0 Å². The molecule has 0 atom stereocenters. The van der Waals surface area contributed by atoms with Crippen molar-refractivity contribution in [1.82, 2.24) is 4.90 Å². The Kier molecular flexibility index (Phi) is 4.89. The Morgan fingerprint density at radius 2 is 2.13 bits per heavy atom. The molecule has 1 aliphatic heterocycles. The molecule has 0 N–H and O–H groups in total. The molecule has 0 unspecified atom stereocenters. The molecule has 0 spiro atoms. The lowest BCUT2D eigenvalue weighted by atomic mass is 10.2. The van der Waals surface area contributed by atoms with Gasteiger partial charge in [-0.25, -0.2) is 4.79 Å². The Morgan fingerprint density at radius 3 is 2.70 bits per heavy atom. The molecule has 9 nitrogen and oxygen atoms in total. The van der Waals surface area contributed by atoms with Crippen molar-refractivity contribution in [3.05, 3.63) is 33.9 Å². The van der Waals surface area contributed by atoms with Crippen molar-refractivity contribution in [3.8, 4) is 5.75 Å². The average molecular weight is 322 g/mol. The van der Waals surface area contributed by atoms with Gasteiger partial charge in [-0.05, 0) is 18.6 Å². The van der Waals surface area contributed by atoms with Crippen LogP contribution in [0.3, 0.4) is 0 Å². The van der Waals surface area contributed by atoms with E-state index in [2.05, 4.69) is 4.74 Å². The van der Waals surface area contributed by atoms with E-state index in [9.17, 15) is 24.5 Å². The summed E-state index contributed by atoms with van der Waals surface area (Å²) < 4.78 is 9.64. The largest absolute Gasteiger partial charge is 0.477 e. The number of amides is 2. The Bertz CT molecular complexity index is 671. The third-order valence-corrected chi connectivity index (χ3v) is 3.30. The zero-order chi connectivity index (χ0) is 17.0. The molecule has 0 aliphatic carbocycles. The minimum absolute atomic E-state index is 0.00685. The highest BCUT2D eigenvalue weighted by atomic mass is 16.6. The Labute approximate surface area is 130 Å². The fraction of sp³-hybridized carbons (Fsp3) is 0.357. The molecule has 1 aromatic carbocycles. The number of nitrogens with zero attached hydrogens (tertiary/aromatic N) is 2. The van der Waals surface area contributed by atoms with Gasteiger partial charge in [-0.3, -0.25) is 24.6 Å². The predicted octanol–water partition coefficient (Wildman–Crippen LogP) is 0.909. The standard InChI is InChI=1S/C14H14N2O7/c1-22-14(19)9-4-5-11(10(7-9)16(20)21)23-8-13(18)15-6-2-3-12(15)17/h4-5,7H,2-3,6,8H2,1H3. The Balaban J connectivity index is 2.13. The Hall–Kier alpha value is -2.97. The van der Waals surface area contributed by atoms with Gasteiger partial charge in [0.1, 0.15) is 0 Å². The van der Waals surface area contributed by atoms with Crippen LogP contribution in [0.5, 0.6) is 5.75 Å². The van der Waals surface area contributed by atoms with Crippen LogP contribution in [0, 0.1) is 10.1 Å². The van der Waals surface area contributed by atoms with Crippen molar-refractivity contribution < 1.29 is 28.8 Å². The zero-order valence-corrected chi connectivity index (χ0v) is 12.3. The number of nitro benzene ring substituents is 1. The van der Waals surface area contributed by atoms with Crippen LogP contribution < -0.4 is 4.74 Å². The van der Waals surface area contributed by atoms with Crippen LogP contribution in [0.4, 0.5) is 5.69 Å². The third-order valence-electron chi connectivity index (χ3n) is 3.30. The number of ether oxygens (including phenoxy) is 2. The number of hydrogen-bond acceptors (Lipinski definition) is 7. The van der Waals surface area contributed by atoms with Gasteiger partial charge >= 0.3 is 11.7 Å². The number of nitro groups is 1. The van der Waals surface area contributed by atoms with Crippen molar-refractivity contribution in [2.24, 2.45) is 0 Å². The van der Waals surface area contributed by atoms with E-state index in [4.69, 9.17) is 4.74 Å². The number of carbonyl (C=O) groups excluding carboxylic acids is 3. The van der Waals surface area contributed by atoms with E-state index in [1.165, 1.54) is 12.1 Å². The Morgan fingerprint density at radius 1 is 1.39 bits per heavy atom. The number of rotatable bonds is 5. The molecule has 0 aromatic heterocycles. The van der Waals surface area contributed by atoms with E-state index in [0.717, 1.165) is 18.1 Å². The van der Waals surface area contributed by atoms with Crippen LogP contribution in [0.2, 0.25) is 0 Å². The first kappa shape index (κ1) is 16.4. The molecule has 0 radical (unpaired) electrons. The SMILES string of the molecule is COC(=O)c1ccc(OCC(=O)N2CCCC2=O)c([N+](=O)[O-])c1. The molecule has 0 saturated carbocycles. The summed E-state index contributed by atoms with van der Waals surface area (Å²) in [5.41, 5.74) is -0.471. The van der Waals surface area contributed by atoms with Crippen LogP contribution in [-0.4, -0.2) is 47.9 Å². The number of hydrogen-bond donors (Lipinski definition) is 0. The van der Waals surface area contributed by atoms with Crippen LogP contribution >= 0.6 is 0 Å². The van der Waals surface area contributed by atoms with E-state index >= 15 is 0 Å². The molecule has 1 aromatic rings. The molecule has 122 valence electrons. The van der Waals surface area contributed by atoms with Crippen LogP contribution in [0.25, 0.3) is 0 Å². The van der Waals surface area contributed by atoms with Crippen molar-refractivity contribution in [2.75, 3.05) is 20.3 Å². The van der Waals surface area contributed by atoms with Crippen molar-refractivity contribution in [3.63, 3.8) is 0 Å². The van der Waals surface area contributed by atoms with E-state index in [-0.39, 0.29) is 17.2 Å². The second kappa shape index (κ2) is 6.86. The fourth-order valence-corrected chi connectivity index (χ4v) is 2.16. The highest BCUT2D eigenvalue weighted by Crippen LogP contribution is 2.28. The van der Waals surface area contributed by atoms with E-state index in [1.54, 1.807) is 0 Å². The van der Waals surface area contributed by atoms with Crippen molar-refractivity contribution >= 4 is 23.5 Å². The second-order valence-corrected chi connectivity index (χ2v) is 4.76. The predicted molar refractivity (Wildman–Crippen MR) is 75.9 cm³/mol. The van der Waals surface area contributed by atoms with Gasteiger partial charge in [0.25, 0.3) is 5.91 Å². The monoisotopic (exact) mass is 322 g/mol. The number of imide groups is 1. The molecule has 1 saturated heterocycles. The number of benzene rings is 1. The lowest BCUT2D eigenvalue weighted by Gasteiger charge is -2.14. The maximum atomic E-state index is 11.9. The van der Waals surface area contributed by atoms with Crippen LogP contribution in [-0.2, 0) is 14.3 Å². The molecule has 1 heterocycles. The minimum Gasteiger partial charge on any atom is -0.477 e. The average Bonchev–Trinajstić information content (AvgIpc) is 2.97. The molecule has 1 aliphatic rings. The zero-order valence-electron chi connectivity index (χ0n) is 12.3. The van der Waals surface area contributed by atoms with E-state index < -0.39 is 29.1 Å². The number of esters is 1. The molecular formula is C14H14N2O7. The third kappa shape index (κ3) is 3.62. The molecular weight excluding hydrogens is 308 g/mol. The van der Waals surface area contributed by atoms with Crippen molar-refractivity contribution in [1.29, 1.82) is 0 Å². The summed E-state index contributed by atoms with van der Waals surface area (Å²) in [7, 11) is 1.16. The summed E-state index contributed by atoms with van der Waals surface area (Å²) >= 11 is 0. The maximum absolute atomic E-state index is 11.9. The molecule has 2 amide bonds. The lowest BCUT2D eigenvalue weighted by molar-refractivity contribution is -0.385. The number of methoxy groups -OCH3 is 1. The van der Waals surface area contributed by atoms with Gasteiger partial charge < -0.3 is 9.47 Å². The summed E-state index contributed by atoms with van der Waals surface area (Å²) in [5.74, 6) is -1.73. The smallest absolute Gasteiger partial charge is 0.338 e. The highest BCUT2D eigenvalue weighted by molar-refractivity contribution is 5.97. The van der Waals surface area contributed by atoms with Gasteiger partial charge in [0.2, 0.25) is 5.91 Å². The topological polar surface area (TPSA) is 116 Å². The van der Waals surface area contributed by atoms with Gasteiger partial charge in [0.05, 0.1) is 17.6 Å². The first-order chi connectivity index (χ1) is 10.9. The summed E-state index contributed by atoms with van der Waals surface area (Å²) in [4.78, 5) is 46.1. The molecule has 23 heavy (non-hydrogen) atoms. The highest BCUT2D eigenvalue weighted by Gasteiger charge is 2.27. The number of carbonyl (C=O) groups is 3. The summed E-state index contributed by atoms with van der Waals surface area (Å²) in [6.45, 7) is -0.172. The summed E-state index contributed by atoms with van der Waals surface area (Å²) in [6, 6.07) is 3.51. The molecule has 0 bridgehead atoms. The van der Waals surface area contributed by atoms with Gasteiger partial charge in [-0.15, -0.1) is 0 Å². The lowest BCUT2D eigenvalue weighted by Crippen LogP contribution is -2.35. The molecule has 1 fully saturated rings. The van der Waals surface area contributed by atoms with Gasteiger partial charge in [0.15, 0.2) is 12.4 Å². The van der Waals surface area contributed by atoms with E-state index in [0.29, 0.717) is 19.4 Å². The number of likely N-dealkylation sites (tertiary alicyclic amines) is 1. The molecule has 9 heteroatoms. The molecule has 2 rings (SSSR count). The first-order valence-corrected chi connectivity index (χ1v) is 6.76. The van der Waals surface area contributed by atoms with Gasteiger partial charge in [-0.2, -0.15) is 0 Å². The fourth-order valence-electron chi connectivity index (χ4n) is 2.16. The summed E-state index contributed by atoms with van der Waals surface area (Å²) in [5, 5.41) is 11.1. The second-order valence-electron chi connectivity index (χ2n) is 4.76. The quantitative estimate of drug-likeness (QED) is 0.449. The van der Waals surface area contributed by atoms with Crippen molar-refractivity contribution in [2.45, 2.75) is 12.8 Å². The van der Waals surface area contributed by atoms with Crippen LogP contribution in [0.1, 0.15) is 23.2 Å².